The minimum absolute atomic E-state index is 0.444. The lowest BCUT2D eigenvalue weighted by Gasteiger charge is -2.23. The van der Waals surface area contributed by atoms with E-state index >= 15 is 0 Å². The lowest BCUT2D eigenvalue weighted by atomic mass is 9.98. The van der Waals surface area contributed by atoms with Crippen molar-refractivity contribution in [1.82, 2.24) is 5.32 Å². The van der Waals surface area contributed by atoms with Crippen molar-refractivity contribution in [2.75, 3.05) is 19.6 Å². The van der Waals surface area contributed by atoms with E-state index in [4.69, 9.17) is 4.74 Å². The first-order valence-corrected chi connectivity index (χ1v) is 5.85. The highest BCUT2D eigenvalue weighted by atomic mass is 16.5. The number of aliphatic imine (C=N–C) groups is 1. The van der Waals surface area contributed by atoms with Crippen LogP contribution in [0.4, 0.5) is 0 Å². The van der Waals surface area contributed by atoms with Crippen LogP contribution in [0, 0.1) is 11.8 Å². The van der Waals surface area contributed by atoms with Gasteiger partial charge >= 0.3 is 0 Å². The Morgan fingerprint density at radius 3 is 2.64 bits per heavy atom. The summed E-state index contributed by atoms with van der Waals surface area (Å²) in [5, 5.41) is 3.37. The van der Waals surface area contributed by atoms with Gasteiger partial charge in [0, 0.05) is 5.92 Å². The molecule has 1 saturated carbocycles. The fraction of sp³-hybridized carbons (Fsp3) is 0.909. The summed E-state index contributed by atoms with van der Waals surface area (Å²) in [5.74, 6) is 2.52. The Balaban J connectivity index is 1.57. The molecule has 1 unspecified atom stereocenters. The van der Waals surface area contributed by atoms with Gasteiger partial charge < -0.3 is 10.1 Å². The third-order valence-electron chi connectivity index (χ3n) is 3.54. The molecule has 78 valence electrons. The van der Waals surface area contributed by atoms with Gasteiger partial charge in [0.25, 0.3) is 0 Å². The van der Waals surface area contributed by atoms with Gasteiger partial charge in [-0.05, 0) is 44.7 Å². The van der Waals surface area contributed by atoms with Crippen LogP contribution in [0.3, 0.4) is 0 Å². The number of piperidine rings is 1. The smallest absolute Gasteiger partial charge is 0.187 e. The van der Waals surface area contributed by atoms with Crippen molar-refractivity contribution < 1.29 is 4.74 Å². The summed E-state index contributed by atoms with van der Waals surface area (Å²) in [6.07, 6.45) is 5.58. The first-order valence-electron chi connectivity index (χ1n) is 5.85. The van der Waals surface area contributed by atoms with E-state index in [2.05, 4.69) is 10.3 Å². The van der Waals surface area contributed by atoms with Crippen LogP contribution < -0.4 is 5.32 Å². The molecule has 1 N–H and O–H groups in total. The molecule has 2 fully saturated rings. The third kappa shape index (κ3) is 1.65. The standard InChI is InChI=1S/C11H18N2O/c1-2-8(1)10-7-13-11(14-10)9-3-5-12-6-4-9/h8-10,12H,1-7H2. The van der Waals surface area contributed by atoms with Crippen molar-refractivity contribution in [1.29, 1.82) is 0 Å². The van der Waals surface area contributed by atoms with Crippen molar-refractivity contribution in [3.63, 3.8) is 0 Å². The molecule has 1 aliphatic carbocycles. The lowest BCUT2D eigenvalue weighted by Crippen LogP contribution is -2.32. The van der Waals surface area contributed by atoms with E-state index in [1.807, 2.05) is 0 Å². The van der Waals surface area contributed by atoms with E-state index in [0.29, 0.717) is 12.0 Å². The molecule has 0 amide bonds. The Labute approximate surface area is 84.9 Å². The van der Waals surface area contributed by atoms with Gasteiger partial charge in [-0.15, -0.1) is 0 Å². The molecular weight excluding hydrogens is 176 g/mol. The highest BCUT2D eigenvalue weighted by Gasteiger charge is 2.37. The van der Waals surface area contributed by atoms with Crippen LogP contribution in [-0.2, 0) is 4.74 Å². The molecule has 3 nitrogen and oxygen atoms in total. The summed E-state index contributed by atoms with van der Waals surface area (Å²) < 4.78 is 5.95. The number of hydrogen-bond acceptors (Lipinski definition) is 3. The van der Waals surface area contributed by atoms with Crippen molar-refractivity contribution in [2.24, 2.45) is 16.8 Å². The average molecular weight is 194 g/mol. The molecule has 0 aromatic carbocycles. The van der Waals surface area contributed by atoms with E-state index in [9.17, 15) is 0 Å². The van der Waals surface area contributed by atoms with Crippen LogP contribution in [0.2, 0.25) is 0 Å². The molecule has 0 aromatic heterocycles. The number of rotatable bonds is 2. The molecule has 0 bridgehead atoms. The average Bonchev–Trinajstić information content (AvgIpc) is 2.98. The van der Waals surface area contributed by atoms with Gasteiger partial charge in [-0.25, -0.2) is 0 Å². The zero-order valence-corrected chi connectivity index (χ0v) is 8.54. The summed E-state index contributed by atoms with van der Waals surface area (Å²) in [6.45, 7) is 3.19. The molecule has 14 heavy (non-hydrogen) atoms. The molecule has 2 aliphatic heterocycles. The molecule has 3 aliphatic rings. The van der Waals surface area contributed by atoms with Gasteiger partial charge in [0.1, 0.15) is 6.10 Å². The number of nitrogens with one attached hydrogen (secondary N) is 1. The van der Waals surface area contributed by atoms with Crippen LogP contribution in [0.1, 0.15) is 25.7 Å². The predicted molar refractivity (Wildman–Crippen MR) is 55.5 cm³/mol. The Kier molecular flexibility index (Phi) is 2.20. The van der Waals surface area contributed by atoms with Gasteiger partial charge in [0.05, 0.1) is 6.54 Å². The maximum atomic E-state index is 5.95. The van der Waals surface area contributed by atoms with E-state index < -0.39 is 0 Å². The summed E-state index contributed by atoms with van der Waals surface area (Å²) in [5.41, 5.74) is 0. The fourth-order valence-electron chi connectivity index (χ4n) is 2.42. The second-order valence-electron chi connectivity index (χ2n) is 4.70. The van der Waals surface area contributed by atoms with Gasteiger partial charge in [0.15, 0.2) is 5.90 Å². The van der Waals surface area contributed by atoms with Crippen LogP contribution in [0.5, 0.6) is 0 Å². The quantitative estimate of drug-likeness (QED) is 0.716. The van der Waals surface area contributed by atoms with E-state index in [1.54, 1.807) is 0 Å². The summed E-state index contributed by atoms with van der Waals surface area (Å²) >= 11 is 0. The number of ether oxygens (including phenoxy) is 1. The van der Waals surface area contributed by atoms with Gasteiger partial charge in [-0.3, -0.25) is 4.99 Å². The van der Waals surface area contributed by atoms with Crippen LogP contribution >= 0.6 is 0 Å². The second-order valence-corrected chi connectivity index (χ2v) is 4.70. The van der Waals surface area contributed by atoms with Crippen molar-refractivity contribution >= 4 is 5.90 Å². The molecule has 0 radical (unpaired) electrons. The summed E-state index contributed by atoms with van der Waals surface area (Å²) in [6, 6.07) is 0. The largest absolute Gasteiger partial charge is 0.475 e. The van der Waals surface area contributed by atoms with Gasteiger partial charge in [-0.1, -0.05) is 0 Å². The SMILES string of the molecule is C1CC(C2=NCC(C3CC3)O2)CCN1. The summed E-state index contributed by atoms with van der Waals surface area (Å²) in [4.78, 5) is 4.57. The maximum Gasteiger partial charge on any atom is 0.187 e. The van der Waals surface area contributed by atoms with E-state index in [1.165, 1.54) is 25.7 Å². The lowest BCUT2D eigenvalue weighted by molar-refractivity contribution is 0.182. The minimum Gasteiger partial charge on any atom is -0.475 e. The molecule has 1 saturated heterocycles. The molecule has 1 atom stereocenters. The monoisotopic (exact) mass is 194 g/mol. The van der Waals surface area contributed by atoms with Gasteiger partial charge in [-0.2, -0.15) is 0 Å². The van der Waals surface area contributed by atoms with Crippen molar-refractivity contribution in [2.45, 2.75) is 31.8 Å². The van der Waals surface area contributed by atoms with Crippen LogP contribution in [0.25, 0.3) is 0 Å². The topological polar surface area (TPSA) is 33.6 Å². The fourth-order valence-corrected chi connectivity index (χ4v) is 2.42. The normalized spacial score (nSPS) is 34.0. The molecular formula is C11H18N2O. The van der Waals surface area contributed by atoms with Crippen LogP contribution in [-0.4, -0.2) is 31.6 Å². The molecule has 3 heteroatoms. The number of nitrogens with zero attached hydrogens (tertiary/aromatic N) is 1. The first kappa shape index (κ1) is 8.72. The molecule has 3 rings (SSSR count). The minimum atomic E-state index is 0.444. The van der Waals surface area contributed by atoms with E-state index in [-0.39, 0.29) is 0 Å². The van der Waals surface area contributed by atoms with E-state index in [0.717, 1.165) is 31.4 Å². The Morgan fingerprint density at radius 1 is 1.14 bits per heavy atom. The zero-order valence-electron chi connectivity index (χ0n) is 8.54. The second kappa shape index (κ2) is 3.54. The third-order valence-corrected chi connectivity index (χ3v) is 3.54. The molecule has 2 heterocycles. The van der Waals surface area contributed by atoms with Crippen molar-refractivity contribution in [3.05, 3.63) is 0 Å². The summed E-state index contributed by atoms with van der Waals surface area (Å²) in [7, 11) is 0. The predicted octanol–water partition coefficient (Wildman–Crippen LogP) is 1.19. The first-order chi connectivity index (χ1) is 6.93. The van der Waals surface area contributed by atoms with Crippen LogP contribution in [0.15, 0.2) is 4.99 Å². The molecule has 0 aromatic rings. The highest BCUT2D eigenvalue weighted by molar-refractivity contribution is 5.80. The molecule has 0 spiro atoms. The Hall–Kier alpha value is -0.570. The van der Waals surface area contributed by atoms with Gasteiger partial charge in [0.2, 0.25) is 0 Å². The zero-order chi connectivity index (χ0) is 9.38. The highest BCUT2D eigenvalue weighted by Crippen LogP contribution is 2.37. The van der Waals surface area contributed by atoms with Crippen molar-refractivity contribution in [3.8, 4) is 0 Å². The maximum absolute atomic E-state index is 5.95. The Morgan fingerprint density at radius 2 is 1.93 bits per heavy atom. The number of hydrogen-bond donors (Lipinski definition) is 1. The Bertz CT molecular complexity index is 242.